The van der Waals surface area contributed by atoms with Crippen LogP contribution in [0.25, 0.3) is 6.08 Å². The lowest BCUT2D eigenvalue weighted by Crippen LogP contribution is -2.24. The molecule has 2 aromatic rings. The van der Waals surface area contributed by atoms with E-state index in [-0.39, 0.29) is 49.2 Å². The number of nitrogens with one attached hydrogen (secondary N) is 2. The number of likely N-dealkylation sites (N-methyl/N-ethyl adjacent to an activating group) is 1. The van der Waals surface area contributed by atoms with Crippen LogP contribution in [0.15, 0.2) is 42.6 Å². The van der Waals surface area contributed by atoms with Gasteiger partial charge in [-0.3, -0.25) is 9.59 Å². The molecule has 0 atom stereocenters. The first-order valence-corrected chi connectivity index (χ1v) is 11.0. The molecule has 1 heterocycles. The molecule has 1 saturated carbocycles. The molecule has 2 amide bonds. The number of halogens is 2. The van der Waals surface area contributed by atoms with Crippen LogP contribution in [0.1, 0.15) is 52.9 Å². The largest absolute Gasteiger partial charge is 0.495 e. The van der Waals surface area contributed by atoms with Gasteiger partial charge in [0.2, 0.25) is 11.8 Å². The highest BCUT2D eigenvalue weighted by molar-refractivity contribution is 5.93. The van der Waals surface area contributed by atoms with E-state index < -0.39 is 5.92 Å². The van der Waals surface area contributed by atoms with Gasteiger partial charge in [0.05, 0.1) is 19.7 Å². The molecule has 0 aliphatic heterocycles. The van der Waals surface area contributed by atoms with Gasteiger partial charge in [-0.15, -0.1) is 0 Å². The van der Waals surface area contributed by atoms with Crippen molar-refractivity contribution in [2.24, 2.45) is 5.92 Å². The number of alkyl halides is 2. The number of carbonyl (C=O) groups is 2. The van der Waals surface area contributed by atoms with Gasteiger partial charge in [0.25, 0.3) is 5.91 Å². The van der Waals surface area contributed by atoms with Crippen molar-refractivity contribution >= 4 is 17.9 Å². The monoisotopic (exact) mass is 457 g/mol. The highest BCUT2D eigenvalue weighted by atomic mass is 19.3. The van der Waals surface area contributed by atoms with Gasteiger partial charge in [0.1, 0.15) is 11.4 Å². The van der Waals surface area contributed by atoms with E-state index in [2.05, 4.69) is 15.6 Å². The number of methoxy groups -OCH3 is 1. The Hall–Kier alpha value is -3.29. The van der Waals surface area contributed by atoms with E-state index in [9.17, 15) is 18.4 Å². The first-order chi connectivity index (χ1) is 15.8. The van der Waals surface area contributed by atoms with E-state index >= 15 is 0 Å². The zero-order chi connectivity index (χ0) is 23.8. The van der Waals surface area contributed by atoms with Crippen LogP contribution in [-0.2, 0) is 17.8 Å². The summed E-state index contributed by atoms with van der Waals surface area (Å²) in [6, 6.07) is 9.08. The number of aromatic nitrogens is 1. The molecular weight excluding hydrogens is 428 g/mol. The molecule has 1 aromatic heterocycles. The van der Waals surface area contributed by atoms with Crippen molar-refractivity contribution in [3.8, 4) is 5.75 Å². The fraction of sp³-hybridized carbons (Fsp3) is 0.400. The number of allylic oxidation sites excluding steroid dienone is 1. The van der Waals surface area contributed by atoms with Crippen LogP contribution in [0.4, 0.5) is 8.78 Å². The fourth-order valence-electron chi connectivity index (χ4n) is 3.77. The average Bonchev–Trinajstić information content (AvgIpc) is 2.81. The minimum atomic E-state index is -2.56. The Morgan fingerprint density at radius 1 is 1.21 bits per heavy atom. The van der Waals surface area contributed by atoms with Crippen molar-refractivity contribution in [2.45, 2.75) is 44.6 Å². The lowest BCUT2D eigenvalue weighted by Gasteiger charge is -2.26. The van der Waals surface area contributed by atoms with Crippen molar-refractivity contribution in [1.29, 1.82) is 0 Å². The third-order valence-electron chi connectivity index (χ3n) is 5.75. The van der Waals surface area contributed by atoms with E-state index in [0.717, 1.165) is 11.1 Å². The first-order valence-electron chi connectivity index (χ1n) is 11.0. The van der Waals surface area contributed by atoms with Crippen LogP contribution in [0.2, 0.25) is 0 Å². The molecule has 3 rings (SSSR count). The maximum atomic E-state index is 13.4. The average molecular weight is 458 g/mol. The molecule has 8 heteroatoms. The van der Waals surface area contributed by atoms with E-state index in [1.165, 1.54) is 13.3 Å². The molecule has 0 radical (unpaired) electrons. The summed E-state index contributed by atoms with van der Waals surface area (Å²) in [6.07, 6.45) is 6.13. The second-order valence-electron chi connectivity index (χ2n) is 8.22. The minimum Gasteiger partial charge on any atom is -0.495 e. The summed E-state index contributed by atoms with van der Waals surface area (Å²) in [7, 11) is 3.10. The maximum absolute atomic E-state index is 13.4. The van der Waals surface area contributed by atoms with E-state index in [1.54, 1.807) is 13.1 Å². The van der Waals surface area contributed by atoms with Crippen LogP contribution in [-0.4, -0.2) is 36.9 Å². The highest BCUT2D eigenvalue weighted by Crippen LogP contribution is 2.37. The van der Waals surface area contributed by atoms with Crippen molar-refractivity contribution in [3.63, 3.8) is 0 Å². The molecule has 1 aromatic carbocycles. The zero-order valence-corrected chi connectivity index (χ0v) is 18.9. The number of carbonyl (C=O) groups excluding carboxylic acids is 2. The molecule has 0 unspecified atom stereocenters. The van der Waals surface area contributed by atoms with Crippen LogP contribution >= 0.6 is 0 Å². The minimum absolute atomic E-state index is 0.0711. The maximum Gasteiger partial charge on any atom is 0.270 e. The van der Waals surface area contributed by atoms with Gasteiger partial charge >= 0.3 is 0 Å². The fourth-order valence-corrected chi connectivity index (χ4v) is 3.77. The Labute approximate surface area is 192 Å². The quantitative estimate of drug-likeness (QED) is 0.624. The lowest BCUT2D eigenvalue weighted by atomic mass is 9.86. The summed E-state index contributed by atoms with van der Waals surface area (Å²) in [5.41, 5.74) is 2.62. The summed E-state index contributed by atoms with van der Waals surface area (Å²) in [5.74, 6) is -2.42. The van der Waals surface area contributed by atoms with Gasteiger partial charge in [-0.05, 0) is 36.0 Å². The summed E-state index contributed by atoms with van der Waals surface area (Å²) < 4.78 is 32.1. The Kier molecular flexibility index (Phi) is 8.14. The number of ether oxygens (including phenoxy) is 1. The molecule has 6 nitrogen and oxygen atoms in total. The number of amides is 2. The van der Waals surface area contributed by atoms with Gasteiger partial charge in [-0.1, -0.05) is 36.4 Å². The number of nitrogens with zero attached hydrogens (tertiary/aromatic N) is 1. The molecule has 1 aliphatic carbocycles. The first kappa shape index (κ1) is 24.4. The number of rotatable bonds is 8. The molecule has 176 valence electrons. The highest BCUT2D eigenvalue weighted by Gasteiger charge is 2.33. The number of hydrogen-bond acceptors (Lipinski definition) is 4. The Bertz CT molecular complexity index is 1010. The molecular formula is C25H29F2N3O3. The second kappa shape index (κ2) is 11.0. The van der Waals surface area contributed by atoms with Gasteiger partial charge < -0.3 is 15.4 Å². The van der Waals surface area contributed by atoms with E-state index in [4.69, 9.17) is 4.74 Å². The van der Waals surface area contributed by atoms with Crippen LogP contribution in [0.3, 0.4) is 0 Å². The lowest BCUT2D eigenvalue weighted by molar-refractivity contribution is -0.119. The zero-order valence-electron chi connectivity index (χ0n) is 18.9. The van der Waals surface area contributed by atoms with Gasteiger partial charge in [0.15, 0.2) is 0 Å². The van der Waals surface area contributed by atoms with Crippen LogP contribution in [0, 0.1) is 5.92 Å². The Balaban J connectivity index is 1.64. The number of hydrogen-bond donors (Lipinski definition) is 2. The molecule has 1 aliphatic rings. The Morgan fingerprint density at radius 3 is 2.64 bits per heavy atom. The predicted octanol–water partition coefficient (Wildman–Crippen LogP) is 4.15. The van der Waals surface area contributed by atoms with Crippen molar-refractivity contribution in [3.05, 3.63) is 65.0 Å². The molecule has 0 bridgehead atoms. The van der Waals surface area contributed by atoms with Gasteiger partial charge in [0, 0.05) is 32.0 Å². The smallest absolute Gasteiger partial charge is 0.270 e. The predicted molar refractivity (Wildman–Crippen MR) is 122 cm³/mol. The third kappa shape index (κ3) is 7.10. The molecule has 0 saturated heterocycles. The van der Waals surface area contributed by atoms with E-state index in [1.807, 2.05) is 36.4 Å². The van der Waals surface area contributed by atoms with Crippen molar-refractivity contribution in [1.82, 2.24) is 15.6 Å². The van der Waals surface area contributed by atoms with Crippen LogP contribution < -0.4 is 15.4 Å². The molecule has 1 fully saturated rings. The van der Waals surface area contributed by atoms with Crippen molar-refractivity contribution in [2.75, 3.05) is 14.2 Å². The second-order valence-corrected chi connectivity index (χ2v) is 8.22. The van der Waals surface area contributed by atoms with Crippen LogP contribution in [0.5, 0.6) is 5.75 Å². The SMILES string of the molecule is CNC(=O)Cc1cccc(CNC(=O)c2cc(C=CC3CCC(F)(F)CC3)c(OC)cn2)c1. The topological polar surface area (TPSA) is 80.3 Å². The van der Waals surface area contributed by atoms with Crippen molar-refractivity contribution < 1.29 is 23.1 Å². The summed E-state index contributed by atoms with van der Waals surface area (Å²) in [4.78, 5) is 28.4. The number of benzene rings is 1. The van der Waals surface area contributed by atoms with E-state index in [0.29, 0.717) is 24.2 Å². The molecule has 0 spiro atoms. The number of pyridine rings is 1. The molecule has 33 heavy (non-hydrogen) atoms. The normalized spacial score (nSPS) is 15.9. The van der Waals surface area contributed by atoms with Gasteiger partial charge in [-0.25, -0.2) is 13.8 Å². The summed E-state index contributed by atoms with van der Waals surface area (Å²) in [6.45, 7) is 0.287. The summed E-state index contributed by atoms with van der Waals surface area (Å²) in [5, 5.41) is 5.43. The molecule has 2 N–H and O–H groups in total. The summed E-state index contributed by atoms with van der Waals surface area (Å²) >= 11 is 0. The third-order valence-corrected chi connectivity index (χ3v) is 5.75. The Morgan fingerprint density at radius 2 is 1.94 bits per heavy atom. The standard InChI is InChI=1S/C25H29F2N3O3/c1-28-23(31)13-18-4-3-5-19(12-18)15-30-24(32)21-14-20(22(33-2)16-29-21)7-6-17-8-10-25(26,27)11-9-17/h3-7,12,14,16-17H,8-11,13,15H2,1-2H3,(H,28,31)(H,30,32). The van der Waals surface area contributed by atoms with Gasteiger partial charge in [-0.2, -0.15) is 0 Å².